The number of unbranched alkanes of at least 4 members (excludes halogenated alkanes) is 3. The van der Waals surface area contributed by atoms with Gasteiger partial charge in [0.15, 0.2) is 0 Å². The number of nitrogens with zero attached hydrogens (tertiary/aromatic N) is 2. The van der Waals surface area contributed by atoms with Crippen LogP contribution in [-0.2, 0) is 0 Å². The van der Waals surface area contributed by atoms with Crippen molar-refractivity contribution in [3.8, 4) is 0 Å². The maximum atomic E-state index is 2.34. The van der Waals surface area contributed by atoms with Crippen molar-refractivity contribution in [1.29, 1.82) is 0 Å². The average Bonchev–Trinajstić information content (AvgIpc) is 2.67. The van der Waals surface area contributed by atoms with Gasteiger partial charge in [0.2, 0.25) is 0 Å². The molecule has 0 radical (unpaired) electrons. The maximum absolute atomic E-state index is 2.34. The first-order valence-corrected chi connectivity index (χ1v) is 10.5. The van der Waals surface area contributed by atoms with E-state index in [2.05, 4.69) is 100 Å². The minimum absolute atomic E-state index is 1.13. The summed E-state index contributed by atoms with van der Waals surface area (Å²) in [7, 11) is 4.31. The van der Waals surface area contributed by atoms with Crippen molar-refractivity contribution >= 4 is 11.4 Å². The third-order valence-corrected chi connectivity index (χ3v) is 4.86. The summed E-state index contributed by atoms with van der Waals surface area (Å²) in [5.74, 6) is 0. The Balaban J connectivity index is 0.000000277. The van der Waals surface area contributed by atoms with E-state index >= 15 is 0 Å². The number of hydrogen-bond donors (Lipinski definition) is 0. The highest BCUT2D eigenvalue weighted by Gasteiger charge is 1.99. The molecule has 150 valence electrons. The van der Waals surface area contributed by atoms with Gasteiger partial charge in [-0.3, -0.25) is 0 Å². The summed E-state index contributed by atoms with van der Waals surface area (Å²) >= 11 is 0. The summed E-state index contributed by atoms with van der Waals surface area (Å²) in [4.78, 5) is 4.62. The second kappa shape index (κ2) is 13.2. The maximum Gasteiger partial charge on any atom is 0.0363 e. The molecule has 0 bridgehead atoms. The second-order valence-electron chi connectivity index (χ2n) is 7.57. The Kier molecular flexibility index (Phi) is 11.3. The van der Waals surface area contributed by atoms with Gasteiger partial charge in [-0.05, 0) is 51.0 Å². The number of aryl methyl sites for hydroxylation is 2. The molecule has 0 aromatic heterocycles. The summed E-state index contributed by atoms with van der Waals surface area (Å²) in [6.45, 7) is 11.0. The molecule has 0 aliphatic carbocycles. The minimum Gasteiger partial charge on any atom is -0.375 e. The lowest BCUT2D eigenvalue weighted by atomic mass is 10.2. The van der Waals surface area contributed by atoms with E-state index in [4.69, 9.17) is 0 Å². The zero-order valence-electron chi connectivity index (χ0n) is 18.5. The van der Waals surface area contributed by atoms with Gasteiger partial charge in [0.1, 0.15) is 0 Å². The molecule has 0 unspecified atom stereocenters. The van der Waals surface area contributed by atoms with Crippen molar-refractivity contribution in [2.45, 2.75) is 59.8 Å². The Morgan fingerprint density at radius 3 is 1.41 bits per heavy atom. The standard InChI is InChI=1S/C14H23N.C11H17N/c1-4-5-6-7-12-15(3)14-10-8-13(2)9-11-14;1-4-9-12(3)11-7-5-10(2)6-8-11/h8-11H,4-7,12H2,1-3H3;5-8H,4,9H2,1-3H3. The zero-order chi connectivity index (χ0) is 20.1. The minimum atomic E-state index is 1.13. The van der Waals surface area contributed by atoms with Crippen LogP contribution in [0.3, 0.4) is 0 Å². The molecule has 27 heavy (non-hydrogen) atoms. The van der Waals surface area contributed by atoms with Crippen LogP contribution in [0, 0.1) is 13.8 Å². The van der Waals surface area contributed by atoms with Crippen molar-refractivity contribution in [2.75, 3.05) is 37.0 Å². The van der Waals surface area contributed by atoms with Crippen LogP contribution >= 0.6 is 0 Å². The van der Waals surface area contributed by atoms with E-state index in [1.54, 1.807) is 0 Å². The monoisotopic (exact) mass is 368 g/mol. The van der Waals surface area contributed by atoms with Crippen LogP contribution in [0.25, 0.3) is 0 Å². The number of hydrogen-bond acceptors (Lipinski definition) is 2. The fourth-order valence-electron chi connectivity index (χ4n) is 2.97. The van der Waals surface area contributed by atoms with Gasteiger partial charge in [-0.1, -0.05) is 68.5 Å². The van der Waals surface area contributed by atoms with Crippen LogP contribution in [0.2, 0.25) is 0 Å². The van der Waals surface area contributed by atoms with Crippen molar-refractivity contribution in [3.63, 3.8) is 0 Å². The molecule has 0 atom stereocenters. The molecule has 0 amide bonds. The van der Waals surface area contributed by atoms with Gasteiger partial charge in [0, 0.05) is 38.6 Å². The van der Waals surface area contributed by atoms with E-state index in [1.165, 1.54) is 61.2 Å². The van der Waals surface area contributed by atoms with Crippen LogP contribution in [0.1, 0.15) is 57.1 Å². The molecule has 0 spiro atoms. The Labute approximate surface area is 168 Å². The lowest BCUT2D eigenvalue weighted by Crippen LogP contribution is -2.18. The van der Waals surface area contributed by atoms with E-state index in [9.17, 15) is 0 Å². The van der Waals surface area contributed by atoms with Crippen LogP contribution in [-0.4, -0.2) is 27.2 Å². The average molecular weight is 369 g/mol. The normalized spacial score (nSPS) is 10.1. The van der Waals surface area contributed by atoms with Crippen molar-refractivity contribution in [1.82, 2.24) is 0 Å². The molecular formula is C25H40N2. The van der Waals surface area contributed by atoms with E-state index in [0.717, 1.165) is 6.54 Å². The molecule has 0 saturated carbocycles. The smallest absolute Gasteiger partial charge is 0.0363 e. The lowest BCUT2D eigenvalue weighted by molar-refractivity contribution is 0.661. The van der Waals surface area contributed by atoms with Gasteiger partial charge < -0.3 is 9.80 Å². The summed E-state index contributed by atoms with van der Waals surface area (Å²) in [5, 5.41) is 0. The molecule has 0 heterocycles. The quantitative estimate of drug-likeness (QED) is 0.446. The predicted molar refractivity (Wildman–Crippen MR) is 123 cm³/mol. The predicted octanol–water partition coefficient (Wildman–Crippen LogP) is 6.85. The van der Waals surface area contributed by atoms with Gasteiger partial charge in [-0.25, -0.2) is 0 Å². The Bertz CT molecular complexity index is 601. The molecule has 0 aliphatic heterocycles. The van der Waals surface area contributed by atoms with Gasteiger partial charge >= 0.3 is 0 Å². The molecular weight excluding hydrogens is 328 g/mol. The molecule has 2 aromatic carbocycles. The first-order chi connectivity index (χ1) is 13.0. The Hall–Kier alpha value is -1.96. The molecule has 0 aliphatic rings. The van der Waals surface area contributed by atoms with Crippen molar-refractivity contribution in [3.05, 3.63) is 59.7 Å². The van der Waals surface area contributed by atoms with Gasteiger partial charge in [0.05, 0.1) is 0 Å². The van der Waals surface area contributed by atoms with Gasteiger partial charge in [-0.2, -0.15) is 0 Å². The second-order valence-corrected chi connectivity index (χ2v) is 7.57. The highest BCUT2D eigenvalue weighted by atomic mass is 15.1. The highest BCUT2D eigenvalue weighted by Crippen LogP contribution is 2.14. The van der Waals surface area contributed by atoms with Crippen LogP contribution < -0.4 is 9.80 Å². The summed E-state index contributed by atoms with van der Waals surface area (Å²) in [6.07, 6.45) is 6.53. The third kappa shape index (κ3) is 9.51. The first-order valence-electron chi connectivity index (χ1n) is 10.5. The van der Waals surface area contributed by atoms with E-state index in [0.29, 0.717) is 0 Å². The van der Waals surface area contributed by atoms with Gasteiger partial charge in [-0.15, -0.1) is 0 Å². The lowest BCUT2D eigenvalue weighted by Gasteiger charge is -2.19. The third-order valence-electron chi connectivity index (χ3n) is 4.86. The van der Waals surface area contributed by atoms with Crippen molar-refractivity contribution in [2.24, 2.45) is 0 Å². The summed E-state index contributed by atoms with van der Waals surface area (Å²) < 4.78 is 0. The zero-order valence-corrected chi connectivity index (χ0v) is 18.5. The number of anilines is 2. The number of benzene rings is 2. The van der Waals surface area contributed by atoms with E-state index in [-0.39, 0.29) is 0 Å². The Morgan fingerprint density at radius 1 is 0.556 bits per heavy atom. The van der Waals surface area contributed by atoms with Crippen molar-refractivity contribution < 1.29 is 0 Å². The van der Waals surface area contributed by atoms with Crippen LogP contribution in [0.15, 0.2) is 48.5 Å². The first kappa shape index (κ1) is 23.1. The Morgan fingerprint density at radius 2 is 1.00 bits per heavy atom. The molecule has 2 aromatic rings. The fraction of sp³-hybridized carbons (Fsp3) is 0.520. The SMILES string of the molecule is CCCCCCN(C)c1ccc(C)cc1.CCCN(C)c1ccc(C)cc1. The number of rotatable bonds is 9. The summed E-state index contributed by atoms with van der Waals surface area (Å²) in [5.41, 5.74) is 5.29. The fourth-order valence-corrected chi connectivity index (χ4v) is 2.97. The summed E-state index contributed by atoms with van der Waals surface area (Å²) in [6, 6.07) is 17.4. The van der Waals surface area contributed by atoms with Crippen LogP contribution in [0.5, 0.6) is 0 Å². The molecule has 0 N–H and O–H groups in total. The molecule has 2 rings (SSSR count). The topological polar surface area (TPSA) is 6.48 Å². The molecule has 2 nitrogen and oxygen atoms in total. The largest absolute Gasteiger partial charge is 0.375 e. The highest BCUT2D eigenvalue weighted by molar-refractivity contribution is 5.47. The van der Waals surface area contributed by atoms with Crippen LogP contribution in [0.4, 0.5) is 11.4 Å². The van der Waals surface area contributed by atoms with E-state index in [1.807, 2.05) is 0 Å². The van der Waals surface area contributed by atoms with Gasteiger partial charge in [0.25, 0.3) is 0 Å². The van der Waals surface area contributed by atoms with E-state index < -0.39 is 0 Å². The molecule has 2 heteroatoms. The molecule has 0 saturated heterocycles. The molecule has 0 fully saturated rings.